The summed E-state index contributed by atoms with van der Waals surface area (Å²) in [4.78, 5) is 17.6. The highest BCUT2D eigenvalue weighted by Crippen LogP contribution is 2.21. The van der Waals surface area contributed by atoms with Crippen LogP contribution in [0.25, 0.3) is 5.69 Å². The third kappa shape index (κ3) is 5.46. The van der Waals surface area contributed by atoms with Gasteiger partial charge in [0, 0.05) is 51.9 Å². The molecule has 0 aliphatic carbocycles. The molecule has 2 aromatic carbocycles. The summed E-state index contributed by atoms with van der Waals surface area (Å²) in [6, 6.07) is 13.8. The van der Waals surface area contributed by atoms with E-state index in [4.69, 9.17) is 0 Å². The average Bonchev–Trinajstić information content (AvgIpc) is 3.09. The second-order valence-corrected chi connectivity index (χ2v) is 8.41. The van der Waals surface area contributed by atoms with Gasteiger partial charge in [0.15, 0.2) is 5.82 Å². The highest BCUT2D eigenvalue weighted by Gasteiger charge is 2.22. The Bertz CT molecular complexity index is 1110. The van der Waals surface area contributed by atoms with Crippen LogP contribution in [0.2, 0.25) is 0 Å². The van der Waals surface area contributed by atoms with E-state index in [1.165, 1.54) is 22.4 Å². The SMILES string of the molecule is Cc1nn(-c2ccc(F)cc2F)c(C)c1C(=O)NCCN1CCN(Cc2ccccc2)CC1. The van der Waals surface area contributed by atoms with Gasteiger partial charge in [0.2, 0.25) is 0 Å². The Balaban J connectivity index is 1.29. The predicted molar refractivity (Wildman–Crippen MR) is 123 cm³/mol. The molecule has 0 saturated carbocycles. The lowest BCUT2D eigenvalue weighted by Crippen LogP contribution is -2.48. The minimum Gasteiger partial charge on any atom is -0.351 e. The van der Waals surface area contributed by atoms with Gasteiger partial charge in [0.1, 0.15) is 11.5 Å². The molecule has 1 saturated heterocycles. The van der Waals surface area contributed by atoms with Gasteiger partial charge in [-0.05, 0) is 31.5 Å². The van der Waals surface area contributed by atoms with Crippen LogP contribution in [0.4, 0.5) is 8.78 Å². The molecule has 3 aromatic rings. The van der Waals surface area contributed by atoms with E-state index in [9.17, 15) is 13.6 Å². The lowest BCUT2D eigenvalue weighted by molar-refractivity contribution is 0.0933. The molecule has 0 bridgehead atoms. The molecule has 1 fully saturated rings. The molecule has 1 amide bonds. The van der Waals surface area contributed by atoms with Gasteiger partial charge in [-0.3, -0.25) is 14.6 Å². The van der Waals surface area contributed by atoms with Crippen molar-refractivity contribution in [3.8, 4) is 5.69 Å². The molecule has 4 rings (SSSR count). The maximum atomic E-state index is 14.2. The fourth-order valence-electron chi connectivity index (χ4n) is 4.29. The van der Waals surface area contributed by atoms with Crippen molar-refractivity contribution in [2.45, 2.75) is 20.4 Å². The smallest absolute Gasteiger partial charge is 0.255 e. The van der Waals surface area contributed by atoms with Crippen LogP contribution in [0, 0.1) is 25.5 Å². The van der Waals surface area contributed by atoms with Gasteiger partial charge in [0.25, 0.3) is 5.91 Å². The third-order valence-electron chi connectivity index (χ3n) is 6.08. The zero-order valence-electron chi connectivity index (χ0n) is 19.0. The Labute approximate surface area is 192 Å². The van der Waals surface area contributed by atoms with Crippen molar-refractivity contribution in [2.75, 3.05) is 39.3 Å². The van der Waals surface area contributed by atoms with Crippen LogP contribution >= 0.6 is 0 Å². The Kier molecular flexibility index (Phi) is 7.15. The maximum Gasteiger partial charge on any atom is 0.255 e. The second-order valence-electron chi connectivity index (χ2n) is 8.41. The molecule has 1 aliphatic rings. The number of rotatable bonds is 7. The summed E-state index contributed by atoms with van der Waals surface area (Å²) in [6.45, 7) is 9.59. The largest absolute Gasteiger partial charge is 0.351 e. The molecule has 0 spiro atoms. The van der Waals surface area contributed by atoms with Crippen LogP contribution in [0.3, 0.4) is 0 Å². The minimum absolute atomic E-state index is 0.115. The number of aryl methyl sites for hydroxylation is 1. The number of benzene rings is 2. The molecule has 0 unspecified atom stereocenters. The van der Waals surface area contributed by atoms with E-state index >= 15 is 0 Å². The van der Waals surface area contributed by atoms with Crippen molar-refractivity contribution in [1.29, 1.82) is 0 Å². The number of hydrogen-bond acceptors (Lipinski definition) is 4. The zero-order chi connectivity index (χ0) is 23.4. The highest BCUT2D eigenvalue weighted by atomic mass is 19.1. The highest BCUT2D eigenvalue weighted by molar-refractivity contribution is 5.96. The molecule has 8 heteroatoms. The number of carbonyl (C=O) groups is 1. The first-order chi connectivity index (χ1) is 15.9. The van der Waals surface area contributed by atoms with Gasteiger partial charge >= 0.3 is 0 Å². The van der Waals surface area contributed by atoms with E-state index in [1.807, 2.05) is 6.07 Å². The molecule has 174 valence electrons. The molecule has 2 heterocycles. The zero-order valence-corrected chi connectivity index (χ0v) is 19.0. The molecule has 1 aliphatic heterocycles. The van der Waals surface area contributed by atoms with Crippen LogP contribution in [0.15, 0.2) is 48.5 Å². The second kappa shape index (κ2) is 10.2. The predicted octanol–water partition coefficient (Wildman–Crippen LogP) is 3.31. The number of nitrogens with one attached hydrogen (secondary N) is 1. The Morgan fingerprint density at radius 2 is 1.70 bits per heavy atom. The van der Waals surface area contributed by atoms with Crippen LogP contribution in [0.1, 0.15) is 27.3 Å². The van der Waals surface area contributed by atoms with E-state index < -0.39 is 11.6 Å². The van der Waals surface area contributed by atoms with Crippen LogP contribution in [-0.4, -0.2) is 64.8 Å². The van der Waals surface area contributed by atoms with Crippen molar-refractivity contribution in [3.63, 3.8) is 0 Å². The Morgan fingerprint density at radius 3 is 2.39 bits per heavy atom. The number of amides is 1. The van der Waals surface area contributed by atoms with Crippen molar-refractivity contribution in [2.24, 2.45) is 0 Å². The average molecular weight is 454 g/mol. The number of carbonyl (C=O) groups excluding carboxylic acids is 1. The van der Waals surface area contributed by atoms with Crippen molar-refractivity contribution >= 4 is 5.91 Å². The summed E-state index contributed by atoms with van der Waals surface area (Å²) in [5.74, 6) is -1.61. The quantitative estimate of drug-likeness (QED) is 0.597. The van der Waals surface area contributed by atoms with Crippen LogP contribution in [-0.2, 0) is 6.54 Å². The maximum absolute atomic E-state index is 14.2. The van der Waals surface area contributed by atoms with Gasteiger partial charge in [-0.15, -0.1) is 0 Å². The number of halogens is 2. The van der Waals surface area contributed by atoms with Gasteiger partial charge < -0.3 is 5.32 Å². The molecular formula is C25H29F2N5O. The Hall–Kier alpha value is -3.10. The number of hydrogen-bond donors (Lipinski definition) is 1. The first-order valence-electron chi connectivity index (χ1n) is 11.2. The summed E-state index contributed by atoms with van der Waals surface area (Å²) in [7, 11) is 0. The van der Waals surface area contributed by atoms with Gasteiger partial charge in [-0.25, -0.2) is 13.5 Å². The first-order valence-corrected chi connectivity index (χ1v) is 11.2. The normalized spacial score (nSPS) is 15.0. The number of piperazine rings is 1. The van der Waals surface area contributed by atoms with Crippen LogP contribution < -0.4 is 5.32 Å². The summed E-state index contributed by atoms with van der Waals surface area (Å²) >= 11 is 0. The van der Waals surface area contributed by atoms with Gasteiger partial charge in [-0.2, -0.15) is 5.10 Å². The van der Waals surface area contributed by atoms with Crippen LogP contribution in [0.5, 0.6) is 0 Å². The number of nitrogens with zero attached hydrogens (tertiary/aromatic N) is 4. The fourth-order valence-corrected chi connectivity index (χ4v) is 4.29. The molecule has 6 nitrogen and oxygen atoms in total. The molecular weight excluding hydrogens is 424 g/mol. The fraction of sp³-hybridized carbons (Fsp3) is 0.360. The molecule has 0 radical (unpaired) electrons. The lowest BCUT2D eigenvalue weighted by Gasteiger charge is -2.34. The van der Waals surface area contributed by atoms with E-state index in [2.05, 4.69) is 44.5 Å². The molecule has 33 heavy (non-hydrogen) atoms. The monoisotopic (exact) mass is 453 g/mol. The first kappa shape index (κ1) is 23.1. The van der Waals surface area contributed by atoms with E-state index in [1.54, 1.807) is 13.8 Å². The van der Waals surface area contributed by atoms with E-state index in [0.29, 0.717) is 23.5 Å². The van der Waals surface area contributed by atoms with Crippen molar-refractivity contribution in [3.05, 3.63) is 82.7 Å². The third-order valence-corrected chi connectivity index (χ3v) is 6.08. The lowest BCUT2D eigenvalue weighted by atomic mass is 10.2. The van der Waals surface area contributed by atoms with Gasteiger partial charge in [0.05, 0.1) is 17.0 Å². The summed E-state index contributed by atoms with van der Waals surface area (Å²) < 4.78 is 28.8. The molecule has 1 aromatic heterocycles. The van der Waals surface area contributed by atoms with Crippen molar-refractivity contribution < 1.29 is 13.6 Å². The number of aromatic nitrogens is 2. The van der Waals surface area contributed by atoms with E-state index in [0.717, 1.165) is 45.3 Å². The summed E-state index contributed by atoms with van der Waals surface area (Å²) in [5, 5.41) is 7.28. The summed E-state index contributed by atoms with van der Waals surface area (Å²) in [6.07, 6.45) is 0. The minimum atomic E-state index is -0.723. The standard InChI is InChI=1S/C25H29F2N5O/c1-18-24(19(2)32(29-18)23-9-8-21(26)16-22(23)27)25(33)28-10-11-30-12-14-31(15-13-30)17-20-6-4-3-5-7-20/h3-9,16H,10-15,17H2,1-2H3,(H,28,33). The van der Waals surface area contributed by atoms with E-state index in [-0.39, 0.29) is 11.6 Å². The summed E-state index contributed by atoms with van der Waals surface area (Å²) in [5.41, 5.74) is 2.88. The van der Waals surface area contributed by atoms with Crippen molar-refractivity contribution in [1.82, 2.24) is 24.9 Å². The topological polar surface area (TPSA) is 53.4 Å². The molecule has 0 atom stereocenters. The Morgan fingerprint density at radius 1 is 1.00 bits per heavy atom. The molecule has 1 N–H and O–H groups in total. The van der Waals surface area contributed by atoms with Gasteiger partial charge in [-0.1, -0.05) is 30.3 Å².